The van der Waals surface area contributed by atoms with Crippen molar-refractivity contribution in [1.82, 2.24) is 0 Å². The predicted molar refractivity (Wildman–Crippen MR) is 72.5 cm³/mol. The molecule has 1 heterocycles. The Bertz CT molecular complexity index is 428. The summed E-state index contributed by atoms with van der Waals surface area (Å²) in [5, 5.41) is 3.00. The number of rotatable bonds is 2. The molecule has 1 saturated heterocycles. The van der Waals surface area contributed by atoms with Crippen molar-refractivity contribution in [2.75, 3.05) is 24.3 Å². The topological polar surface area (TPSA) is 64.3 Å². The van der Waals surface area contributed by atoms with E-state index in [1.807, 2.05) is 26.0 Å². The molecule has 0 aliphatic carbocycles. The number of hydrogen-bond donors (Lipinski definition) is 2. The molecule has 2 rings (SSSR count). The van der Waals surface area contributed by atoms with Gasteiger partial charge < -0.3 is 15.8 Å². The lowest BCUT2D eigenvalue weighted by Gasteiger charge is -2.22. The average molecular weight is 248 g/mol. The van der Waals surface area contributed by atoms with Gasteiger partial charge in [-0.3, -0.25) is 4.79 Å². The first-order chi connectivity index (χ1) is 8.58. The molecule has 3 N–H and O–H groups in total. The van der Waals surface area contributed by atoms with E-state index in [0.29, 0.717) is 6.61 Å². The molecule has 1 aliphatic heterocycles. The first-order valence-corrected chi connectivity index (χ1v) is 6.33. The van der Waals surface area contributed by atoms with Crippen molar-refractivity contribution >= 4 is 17.3 Å². The van der Waals surface area contributed by atoms with E-state index in [1.165, 1.54) is 0 Å². The summed E-state index contributed by atoms with van der Waals surface area (Å²) in [6.07, 6.45) is 1.86. The first-order valence-electron chi connectivity index (χ1n) is 6.33. The number of amides is 1. The number of nitrogens with one attached hydrogen (secondary N) is 1. The van der Waals surface area contributed by atoms with Crippen LogP contribution in [-0.2, 0) is 9.53 Å². The van der Waals surface area contributed by atoms with Gasteiger partial charge in [-0.1, -0.05) is 0 Å². The van der Waals surface area contributed by atoms with Crippen molar-refractivity contribution in [3.63, 3.8) is 0 Å². The lowest BCUT2D eigenvalue weighted by molar-refractivity contribution is -0.123. The number of carbonyl (C=O) groups is 1. The molecule has 1 unspecified atom stereocenters. The van der Waals surface area contributed by atoms with Gasteiger partial charge in [0.1, 0.15) is 0 Å². The zero-order valence-electron chi connectivity index (χ0n) is 11.0. The number of aryl methyl sites for hydroxylation is 2. The lowest BCUT2D eigenvalue weighted by Crippen LogP contribution is -2.30. The van der Waals surface area contributed by atoms with E-state index < -0.39 is 0 Å². The van der Waals surface area contributed by atoms with E-state index in [9.17, 15) is 4.79 Å². The van der Waals surface area contributed by atoms with Gasteiger partial charge in [-0.2, -0.15) is 0 Å². The summed E-state index contributed by atoms with van der Waals surface area (Å²) < 4.78 is 5.34. The number of hydrogen-bond acceptors (Lipinski definition) is 3. The Balaban J connectivity index is 2.11. The Labute approximate surface area is 108 Å². The van der Waals surface area contributed by atoms with Crippen LogP contribution in [-0.4, -0.2) is 19.1 Å². The quantitative estimate of drug-likeness (QED) is 0.789. The summed E-state index contributed by atoms with van der Waals surface area (Å²) in [4.78, 5) is 12.1. The van der Waals surface area contributed by atoms with Crippen molar-refractivity contribution in [1.29, 1.82) is 0 Å². The zero-order valence-corrected chi connectivity index (χ0v) is 11.0. The van der Waals surface area contributed by atoms with Crippen LogP contribution in [0.5, 0.6) is 0 Å². The van der Waals surface area contributed by atoms with Gasteiger partial charge in [0.2, 0.25) is 5.91 Å². The van der Waals surface area contributed by atoms with Crippen LogP contribution >= 0.6 is 0 Å². The third-order valence-electron chi connectivity index (χ3n) is 3.33. The third-order valence-corrected chi connectivity index (χ3v) is 3.33. The maximum atomic E-state index is 12.1. The average Bonchev–Trinajstić information content (AvgIpc) is 2.34. The monoisotopic (exact) mass is 248 g/mol. The smallest absolute Gasteiger partial charge is 0.229 e. The Hall–Kier alpha value is -1.55. The number of benzene rings is 1. The molecule has 1 atom stereocenters. The van der Waals surface area contributed by atoms with E-state index >= 15 is 0 Å². The second-order valence-electron chi connectivity index (χ2n) is 4.93. The molecule has 1 aliphatic rings. The summed E-state index contributed by atoms with van der Waals surface area (Å²) in [6.45, 7) is 5.20. The van der Waals surface area contributed by atoms with Crippen LogP contribution < -0.4 is 11.1 Å². The van der Waals surface area contributed by atoms with E-state index in [-0.39, 0.29) is 11.8 Å². The Kier molecular flexibility index (Phi) is 3.87. The largest absolute Gasteiger partial charge is 0.399 e. The van der Waals surface area contributed by atoms with Gasteiger partial charge in [0.05, 0.1) is 12.5 Å². The van der Waals surface area contributed by atoms with Crippen LogP contribution in [0, 0.1) is 19.8 Å². The Morgan fingerprint density at radius 1 is 1.39 bits per heavy atom. The highest BCUT2D eigenvalue weighted by atomic mass is 16.5. The van der Waals surface area contributed by atoms with Crippen molar-refractivity contribution in [3.05, 3.63) is 23.3 Å². The van der Waals surface area contributed by atoms with Gasteiger partial charge >= 0.3 is 0 Å². The molecule has 0 aromatic heterocycles. The minimum atomic E-state index is -0.0323. The van der Waals surface area contributed by atoms with Crippen LogP contribution in [0.15, 0.2) is 12.1 Å². The van der Waals surface area contributed by atoms with E-state index in [4.69, 9.17) is 10.5 Å². The normalized spacial score (nSPS) is 19.6. The number of nitrogens with two attached hydrogens (primary N) is 1. The Morgan fingerprint density at radius 2 is 2.06 bits per heavy atom. The number of nitrogen functional groups attached to an aromatic ring is 1. The summed E-state index contributed by atoms with van der Waals surface area (Å²) in [6, 6.07) is 3.75. The predicted octanol–water partition coefficient (Wildman–Crippen LogP) is 2.25. The summed E-state index contributed by atoms with van der Waals surface area (Å²) >= 11 is 0. The van der Waals surface area contributed by atoms with E-state index in [1.54, 1.807) is 0 Å². The second kappa shape index (κ2) is 5.40. The molecule has 18 heavy (non-hydrogen) atoms. The lowest BCUT2D eigenvalue weighted by atomic mass is 10.0. The summed E-state index contributed by atoms with van der Waals surface area (Å²) in [5.41, 5.74) is 9.37. The number of carbonyl (C=O) groups excluding carboxylic acids is 1. The van der Waals surface area contributed by atoms with Crippen molar-refractivity contribution in [2.24, 2.45) is 5.92 Å². The van der Waals surface area contributed by atoms with Crippen LogP contribution in [0.3, 0.4) is 0 Å². The van der Waals surface area contributed by atoms with Crippen LogP contribution in [0.1, 0.15) is 24.0 Å². The fourth-order valence-corrected chi connectivity index (χ4v) is 2.37. The standard InChI is InChI=1S/C14H20N2O2/c1-9-6-12(15)7-10(2)13(9)16-14(17)11-4-3-5-18-8-11/h6-7,11H,3-5,8,15H2,1-2H3,(H,16,17). The maximum absolute atomic E-state index is 12.1. The SMILES string of the molecule is Cc1cc(N)cc(C)c1NC(=O)C1CCCOC1. The molecule has 0 bridgehead atoms. The molecule has 1 amide bonds. The number of anilines is 2. The second-order valence-corrected chi connectivity index (χ2v) is 4.93. The van der Waals surface area contributed by atoms with Gasteiger partial charge in [0, 0.05) is 18.0 Å². The molecule has 1 aromatic rings. The van der Waals surface area contributed by atoms with Crippen molar-refractivity contribution < 1.29 is 9.53 Å². The molecule has 0 radical (unpaired) electrons. The van der Waals surface area contributed by atoms with Gasteiger partial charge in [0.15, 0.2) is 0 Å². The fraction of sp³-hybridized carbons (Fsp3) is 0.500. The Morgan fingerprint density at radius 3 is 2.61 bits per heavy atom. The third kappa shape index (κ3) is 2.82. The molecule has 0 saturated carbocycles. The van der Waals surface area contributed by atoms with Crippen LogP contribution in [0.2, 0.25) is 0 Å². The highest BCUT2D eigenvalue weighted by Gasteiger charge is 2.22. The highest BCUT2D eigenvalue weighted by molar-refractivity contribution is 5.94. The van der Waals surface area contributed by atoms with E-state index in [0.717, 1.165) is 42.0 Å². The summed E-state index contributed by atoms with van der Waals surface area (Å²) in [7, 11) is 0. The minimum Gasteiger partial charge on any atom is -0.399 e. The van der Waals surface area contributed by atoms with Gasteiger partial charge in [-0.05, 0) is 49.9 Å². The molecular formula is C14H20N2O2. The molecule has 4 heteroatoms. The molecular weight excluding hydrogens is 228 g/mol. The molecule has 4 nitrogen and oxygen atoms in total. The van der Waals surface area contributed by atoms with Gasteiger partial charge in [-0.15, -0.1) is 0 Å². The molecule has 1 fully saturated rings. The molecule has 0 spiro atoms. The molecule has 98 valence electrons. The van der Waals surface area contributed by atoms with Crippen molar-refractivity contribution in [2.45, 2.75) is 26.7 Å². The maximum Gasteiger partial charge on any atom is 0.229 e. The van der Waals surface area contributed by atoms with Crippen LogP contribution in [0.4, 0.5) is 11.4 Å². The zero-order chi connectivity index (χ0) is 13.1. The number of ether oxygens (including phenoxy) is 1. The van der Waals surface area contributed by atoms with Gasteiger partial charge in [-0.25, -0.2) is 0 Å². The first kappa shape index (κ1) is 12.9. The summed E-state index contributed by atoms with van der Waals surface area (Å²) in [5.74, 6) is 0.0146. The fourth-order valence-electron chi connectivity index (χ4n) is 2.37. The van der Waals surface area contributed by atoms with Gasteiger partial charge in [0.25, 0.3) is 0 Å². The van der Waals surface area contributed by atoms with E-state index in [2.05, 4.69) is 5.32 Å². The highest BCUT2D eigenvalue weighted by Crippen LogP contribution is 2.25. The van der Waals surface area contributed by atoms with Crippen molar-refractivity contribution in [3.8, 4) is 0 Å². The van der Waals surface area contributed by atoms with Crippen LogP contribution in [0.25, 0.3) is 0 Å². The minimum absolute atomic E-state index is 0.0323. The molecule has 1 aromatic carbocycles.